The molecule has 8 heteroatoms. The topological polar surface area (TPSA) is 76.8 Å². The number of hydrogen-bond donors (Lipinski definition) is 0. The van der Waals surface area contributed by atoms with Crippen molar-refractivity contribution >= 4 is 17.2 Å². The van der Waals surface area contributed by atoms with Gasteiger partial charge in [-0.2, -0.15) is 0 Å². The average molecular weight is 388 g/mol. The number of nitrogens with zero attached hydrogens (tertiary/aromatic N) is 6. The van der Waals surface area contributed by atoms with Crippen LogP contribution in [0.25, 0.3) is 22.6 Å². The molecule has 1 amide bonds. The van der Waals surface area contributed by atoms with E-state index in [2.05, 4.69) is 24.7 Å². The van der Waals surface area contributed by atoms with E-state index in [-0.39, 0.29) is 5.91 Å². The Hall–Kier alpha value is -3.39. The van der Waals surface area contributed by atoms with Crippen molar-refractivity contribution in [2.75, 3.05) is 6.54 Å². The predicted molar refractivity (Wildman–Crippen MR) is 106 cm³/mol. The second-order valence-corrected chi connectivity index (χ2v) is 7.32. The van der Waals surface area contributed by atoms with Gasteiger partial charge in [-0.05, 0) is 12.1 Å². The van der Waals surface area contributed by atoms with Gasteiger partial charge in [-0.25, -0.2) is 4.98 Å². The van der Waals surface area contributed by atoms with Gasteiger partial charge in [0.2, 0.25) is 0 Å². The predicted octanol–water partition coefficient (Wildman–Crippen LogP) is 3.12. The summed E-state index contributed by atoms with van der Waals surface area (Å²) in [4.78, 5) is 23.4. The first kappa shape index (κ1) is 16.8. The maximum Gasteiger partial charge on any atom is 0.283 e. The van der Waals surface area contributed by atoms with Crippen molar-refractivity contribution in [2.45, 2.75) is 13.1 Å². The molecule has 4 aromatic rings. The average Bonchev–Trinajstić information content (AvgIpc) is 3.41. The summed E-state index contributed by atoms with van der Waals surface area (Å²) >= 11 is 1.38. The molecule has 0 fully saturated rings. The molecule has 0 aliphatic carbocycles. The van der Waals surface area contributed by atoms with Crippen molar-refractivity contribution in [2.24, 2.45) is 0 Å². The van der Waals surface area contributed by atoms with Gasteiger partial charge < -0.3 is 9.47 Å². The number of carbonyl (C=O) groups excluding carboxylic acids is 1. The number of carbonyl (C=O) groups is 1. The lowest BCUT2D eigenvalue weighted by Crippen LogP contribution is -2.38. The van der Waals surface area contributed by atoms with Crippen LogP contribution in [0.5, 0.6) is 0 Å². The van der Waals surface area contributed by atoms with E-state index in [1.165, 1.54) is 11.3 Å². The maximum absolute atomic E-state index is 12.9. The van der Waals surface area contributed by atoms with E-state index in [1.54, 1.807) is 17.3 Å². The zero-order valence-corrected chi connectivity index (χ0v) is 15.7. The van der Waals surface area contributed by atoms with Crippen LogP contribution in [0.2, 0.25) is 0 Å². The molecule has 4 heterocycles. The summed E-state index contributed by atoms with van der Waals surface area (Å²) < 4.78 is 2.05. The molecule has 138 valence electrons. The van der Waals surface area contributed by atoms with Crippen LogP contribution in [-0.2, 0) is 13.1 Å². The summed E-state index contributed by atoms with van der Waals surface area (Å²) in [6, 6.07) is 13.7. The van der Waals surface area contributed by atoms with Crippen molar-refractivity contribution < 1.29 is 4.79 Å². The van der Waals surface area contributed by atoms with E-state index in [4.69, 9.17) is 0 Å². The summed E-state index contributed by atoms with van der Waals surface area (Å²) in [7, 11) is 0. The van der Waals surface area contributed by atoms with Gasteiger partial charge in [-0.1, -0.05) is 30.3 Å². The van der Waals surface area contributed by atoms with Crippen LogP contribution in [0.1, 0.15) is 15.6 Å². The lowest BCUT2D eigenvalue weighted by molar-refractivity contribution is 0.0707. The summed E-state index contributed by atoms with van der Waals surface area (Å²) in [5, 5.41) is 11.0. The zero-order valence-electron chi connectivity index (χ0n) is 14.9. The third kappa shape index (κ3) is 2.97. The fourth-order valence-electron chi connectivity index (χ4n) is 3.29. The third-order valence-electron chi connectivity index (χ3n) is 4.72. The highest BCUT2D eigenvalue weighted by Gasteiger charge is 2.27. The quantitative estimate of drug-likeness (QED) is 0.539. The zero-order chi connectivity index (χ0) is 18.9. The van der Waals surface area contributed by atoms with E-state index in [1.807, 2.05) is 47.8 Å². The Balaban J connectivity index is 1.36. The molecule has 0 unspecified atom stereocenters. The molecule has 1 aliphatic rings. The van der Waals surface area contributed by atoms with E-state index >= 15 is 0 Å². The van der Waals surface area contributed by atoms with Gasteiger partial charge in [0.05, 0.1) is 12.2 Å². The van der Waals surface area contributed by atoms with Crippen LogP contribution in [0.3, 0.4) is 0 Å². The molecule has 0 radical (unpaired) electrons. The van der Waals surface area contributed by atoms with Crippen LogP contribution < -0.4 is 0 Å². The van der Waals surface area contributed by atoms with Crippen molar-refractivity contribution in [1.29, 1.82) is 0 Å². The molecule has 28 heavy (non-hydrogen) atoms. The van der Waals surface area contributed by atoms with E-state index < -0.39 is 0 Å². The lowest BCUT2D eigenvalue weighted by Gasteiger charge is -2.27. The Morgan fingerprint density at radius 3 is 2.68 bits per heavy atom. The fourth-order valence-corrected chi connectivity index (χ4v) is 4.08. The first-order chi connectivity index (χ1) is 13.8. The number of fused-ring (bicyclic) bond motifs is 1. The monoisotopic (exact) mass is 388 g/mol. The van der Waals surface area contributed by atoms with Crippen LogP contribution in [0, 0.1) is 0 Å². The van der Waals surface area contributed by atoms with Gasteiger partial charge in [-0.3, -0.25) is 9.78 Å². The Morgan fingerprint density at radius 2 is 1.86 bits per heavy atom. The first-order valence-corrected chi connectivity index (χ1v) is 9.80. The molecular formula is C20H16N6OS. The summed E-state index contributed by atoms with van der Waals surface area (Å²) in [6.45, 7) is 1.67. The van der Waals surface area contributed by atoms with Crippen molar-refractivity contribution in [3.8, 4) is 22.6 Å². The summed E-state index contributed by atoms with van der Waals surface area (Å²) in [6.07, 6.45) is 3.50. The fraction of sp³-hybridized carbons (Fsp3) is 0.150. The summed E-state index contributed by atoms with van der Waals surface area (Å²) in [5.74, 6) is 1.50. The van der Waals surface area contributed by atoms with Gasteiger partial charge in [0, 0.05) is 42.0 Å². The Labute approximate surface area is 165 Å². The number of benzene rings is 1. The van der Waals surface area contributed by atoms with E-state index in [0.717, 1.165) is 28.5 Å². The minimum Gasteiger partial charge on any atom is -0.327 e. The van der Waals surface area contributed by atoms with Crippen LogP contribution in [0.4, 0.5) is 0 Å². The van der Waals surface area contributed by atoms with Gasteiger partial charge in [-0.15, -0.1) is 21.5 Å². The molecule has 0 atom stereocenters. The molecule has 0 saturated heterocycles. The number of rotatable bonds is 3. The molecule has 7 nitrogen and oxygen atoms in total. The number of pyridine rings is 1. The molecule has 5 rings (SSSR count). The smallest absolute Gasteiger partial charge is 0.283 e. The molecule has 1 aliphatic heterocycles. The van der Waals surface area contributed by atoms with Crippen LogP contribution in [-0.4, -0.2) is 42.1 Å². The molecule has 1 aromatic carbocycles. The molecule has 0 N–H and O–H groups in total. The number of thiazole rings is 1. The molecule has 0 saturated carbocycles. The first-order valence-electron chi connectivity index (χ1n) is 8.92. The highest BCUT2D eigenvalue weighted by molar-refractivity contribution is 7.12. The Morgan fingerprint density at radius 1 is 1.00 bits per heavy atom. The Bertz CT molecular complexity index is 1120. The van der Waals surface area contributed by atoms with Crippen molar-refractivity contribution in [1.82, 2.24) is 29.6 Å². The molecule has 0 bridgehead atoms. The second-order valence-electron chi connectivity index (χ2n) is 6.46. The standard InChI is InChI=1S/C20H16N6OS/c27-20(19-22-16(13-28-19)14-5-2-1-3-6-14)25-9-10-26-17(12-25)23-24-18(26)15-7-4-8-21-11-15/h1-8,11,13H,9-10,12H2. The molecular weight excluding hydrogens is 372 g/mol. The van der Waals surface area contributed by atoms with E-state index in [9.17, 15) is 4.79 Å². The largest absolute Gasteiger partial charge is 0.327 e. The second kappa shape index (κ2) is 6.97. The third-order valence-corrected chi connectivity index (χ3v) is 5.55. The van der Waals surface area contributed by atoms with Crippen molar-refractivity contribution in [3.05, 3.63) is 71.1 Å². The maximum atomic E-state index is 12.9. The van der Waals surface area contributed by atoms with Gasteiger partial charge in [0.25, 0.3) is 5.91 Å². The van der Waals surface area contributed by atoms with E-state index in [0.29, 0.717) is 24.6 Å². The number of amides is 1. The summed E-state index contributed by atoms with van der Waals surface area (Å²) in [5.41, 5.74) is 2.76. The lowest BCUT2D eigenvalue weighted by atomic mass is 10.2. The SMILES string of the molecule is O=C(c1nc(-c2ccccc2)cs1)N1CCn2c(nnc2-c2cccnc2)C1. The van der Waals surface area contributed by atoms with Crippen molar-refractivity contribution in [3.63, 3.8) is 0 Å². The highest BCUT2D eigenvalue weighted by Crippen LogP contribution is 2.25. The van der Waals surface area contributed by atoms with Gasteiger partial charge in [0.15, 0.2) is 16.7 Å². The Kier molecular flexibility index (Phi) is 4.17. The number of aromatic nitrogens is 5. The van der Waals surface area contributed by atoms with Crippen LogP contribution in [0.15, 0.2) is 60.2 Å². The minimum absolute atomic E-state index is 0.0654. The van der Waals surface area contributed by atoms with Crippen LogP contribution >= 0.6 is 11.3 Å². The highest BCUT2D eigenvalue weighted by atomic mass is 32.1. The van der Waals surface area contributed by atoms with Gasteiger partial charge in [0.1, 0.15) is 0 Å². The van der Waals surface area contributed by atoms with Gasteiger partial charge >= 0.3 is 0 Å². The molecule has 3 aromatic heterocycles. The minimum atomic E-state index is -0.0654. The normalized spacial score (nSPS) is 13.4. The number of hydrogen-bond acceptors (Lipinski definition) is 6. The molecule has 0 spiro atoms.